The normalized spacial score (nSPS) is 10.6. The van der Waals surface area contributed by atoms with E-state index in [-0.39, 0.29) is 0 Å². The third kappa shape index (κ3) is 4.43. The van der Waals surface area contributed by atoms with Crippen molar-refractivity contribution in [3.63, 3.8) is 0 Å². The van der Waals surface area contributed by atoms with Crippen molar-refractivity contribution in [1.29, 1.82) is 0 Å². The van der Waals surface area contributed by atoms with Crippen LogP contribution in [0.25, 0.3) is 0 Å². The summed E-state index contributed by atoms with van der Waals surface area (Å²) in [6.45, 7) is 4.33. The maximum absolute atomic E-state index is 6.17. The third-order valence-corrected chi connectivity index (χ3v) is 3.75. The van der Waals surface area contributed by atoms with E-state index in [1.807, 2.05) is 0 Å². The maximum Gasteiger partial charge on any atom is 0.138 e. The molecule has 1 heterocycles. The van der Waals surface area contributed by atoms with Crippen LogP contribution in [0.3, 0.4) is 0 Å². The maximum atomic E-state index is 6.17. The van der Waals surface area contributed by atoms with Crippen molar-refractivity contribution in [2.24, 2.45) is 0 Å². The molecule has 1 aromatic carbocycles. The zero-order valence-electron chi connectivity index (χ0n) is 12.7. The molecule has 0 radical (unpaired) electrons. The summed E-state index contributed by atoms with van der Waals surface area (Å²) >= 11 is 6.17. The number of nitrogens with one attached hydrogen (secondary N) is 1. The van der Waals surface area contributed by atoms with Crippen molar-refractivity contribution in [2.75, 3.05) is 5.32 Å². The molecule has 112 valence electrons. The van der Waals surface area contributed by atoms with E-state index in [9.17, 15) is 0 Å². The molecule has 0 bridgehead atoms. The number of anilines is 2. The van der Waals surface area contributed by atoms with Crippen LogP contribution in [0.1, 0.15) is 44.2 Å². The Bertz CT molecular complexity index is 567. The fourth-order valence-corrected chi connectivity index (χ4v) is 2.47. The fraction of sp³-hybridized carbons (Fsp3) is 0.412. The van der Waals surface area contributed by atoms with Crippen LogP contribution in [0.15, 0.2) is 30.6 Å². The summed E-state index contributed by atoms with van der Waals surface area (Å²) in [5.41, 5.74) is 3.39. The average molecular weight is 304 g/mol. The summed E-state index contributed by atoms with van der Waals surface area (Å²) in [5, 5.41) is 3.88. The van der Waals surface area contributed by atoms with Gasteiger partial charge in [-0.2, -0.15) is 0 Å². The predicted molar refractivity (Wildman–Crippen MR) is 89.4 cm³/mol. The van der Waals surface area contributed by atoms with Gasteiger partial charge in [-0.1, -0.05) is 50.4 Å². The van der Waals surface area contributed by atoms with Crippen LogP contribution in [0, 0.1) is 0 Å². The Labute approximate surface area is 131 Å². The van der Waals surface area contributed by atoms with Gasteiger partial charge in [0, 0.05) is 11.3 Å². The molecule has 2 aromatic rings. The molecule has 0 amide bonds. The van der Waals surface area contributed by atoms with Crippen molar-refractivity contribution < 1.29 is 0 Å². The summed E-state index contributed by atoms with van der Waals surface area (Å²) in [7, 11) is 0. The lowest BCUT2D eigenvalue weighted by Crippen LogP contribution is -2.01. The van der Waals surface area contributed by atoms with Crippen molar-refractivity contribution in [3.05, 3.63) is 46.9 Å². The molecule has 0 saturated carbocycles. The van der Waals surface area contributed by atoms with Crippen molar-refractivity contribution in [1.82, 2.24) is 9.97 Å². The second kappa shape index (κ2) is 7.99. The first-order valence-electron chi connectivity index (χ1n) is 7.60. The van der Waals surface area contributed by atoms with Crippen molar-refractivity contribution in [2.45, 2.75) is 46.0 Å². The zero-order chi connectivity index (χ0) is 15.1. The molecule has 4 heteroatoms. The van der Waals surface area contributed by atoms with Crippen LogP contribution in [0.4, 0.5) is 11.5 Å². The Balaban J connectivity index is 2.12. The summed E-state index contributed by atoms with van der Waals surface area (Å²) < 4.78 is 0. The van der Waals surface area contributed by atoms with Crippen LogP contribution in [0.2, 0.25) is 5.15 Å². The summed E-state index contributed by atoms with van der Waals surface area (Å²) in [6, 6.07) is 8.52. The molecule has 1 aromatic heterocycles. The number of aromatic nitrogens is 2. The van der Waals surface area contributed by atoms with Crippen LogP contribution >= 0.6 is 11.6 Å². The van der Waals surface area contributed by atoms with E-state index in [0.717, 1.165) is 36.3 Å². The Kier molecular flexibility index (Phi) is 6.00. The van der Waals surface area contributed by atoms with Crippen LogP contribution in [-0.4, -0.2) is 9.97 Å². The minimum absolute atomic E-state index is 0.536. The largest absolute Gasteiger partial charge is 0.340 e. The first kappa shape index (κ1) is 15.8. The van der Waals surface area contributed by atoms with Gasteiger partial charge in [0.15, 0.2) is 0 Å². The number of nitrogens with zero attached hydrogens (tertiary/aromatic N) is 2. The average Bonchev–Trinajstić information content (AvgIpc) is 2.50. The minimum Gasteiger partial charge on any atom is -0.340 e. The first-order chi connectivity index (χ1) is 10.2. The lowest BCUT2D eigenvalue weighted by molar-refractivity contribution is 0.795. The molecule has 0 unspecified atom stereocenters. The number of unbranched alkanes of at least 4 members (excludes halogenated alkanes) is 1. The van der Waals surface area contributed by atoms with Gasteiger partial charge in [-0.3, -0.25) is 0 Å². The van der Waals surface area contributed by atoms with E-state index >= 15 is 0 Å². The van der Waals surface area contributed by atoms with Gasteiger partial charge in [-0.15, -0.1) is 0 Å². The van der Waals surface area contributed by atoms with Gasteiger partial charge in [0.2, 0.25) is 0 Å². The van der Waals surface area contributed by atoms with E-state index in [1.54, 1.807) is 0 Å². The Morgan fingerprint density at radius 1 is 1.00 bits per heavy atom. The molecule has 2 rings (SSSR count). The molecule has 0 atom stereocenters. The second-order valence-corrected chi connectivity index (χ2v) is 5.53. The molecule has 0 aliphatic carbocycles. The number of hydrogen-bond acceptors (Lipinski definition) is 3. The Hall–Kier alpha value is -1.61. The van der Waals surface area contributed by atoms with Crippen LogP contribution in [0.5, 0.6) is 0 Å². The molecule has 1 N–H and O–H groups in total. The third-order valence-electron chi connectivity index (χ3n) is 3.43. The van der Waals surface area contributed by atoms with Crippen LogP contribution < -0.4 is 5.32 Å². The monoisotopic (exact) mass is 303 g/mol. The van der Waals surface area contributed by atoms with E-state index < -0.39 is 0 Å². The molecule has 21 heavy (non-hydrogen) atoms. The van der Waals surface area contributed by atoms with Gasteiger partial charge in [0.05, 0.1) is 0 Å². The van der Waals surface area contributed by atoms with Gasteiger partial charge in [0.1, 0.15) is 17.3 Å². The van der Waals surface area contributed by atoms with Gasteiger partial charge in [0.25, 0.3) is 0 Å². The fourth-order valence-electron chi connectivity index (χ4n) is 2.24. The summed E-state index contributed by atoms with van der Waals surface area (Å²) in [5.74, 6) is 0.804. The number of aryl methyl sites for hydroxylation is 1. The molecule has 0 spiro atoms. The number of halogens is 1. The number of rotatable bonds is 7. The SMILES string of the molecule is CCCCc1ccc(Nc2ncnc(Cl)c2CCC)cc1. The molecule has 0 saturated heterocycles. The van der Waals surface area contributed by atoms with E-state index in [4.69, 9.17) is 11.6 Å². The quantitative estimate of drug-likeness (QED) is 0.717. The van der Waals surface area contributed by atoms with E-state index in [0.29, 0.717) is 5.15 Å². The lowest BCUT2D eigenvalue weighted by atomic mass is 10.1. The topological polar surface area (TPSA) is 37.8 Å². The standard InChI is InChI=1S/C17H22ClN3/c1-3-5-7-13-8-10-14(11-9-13)21-17-15(6-4-2)16(18)19-12-20-17/h8-12H,3-7H2,1-2H3,(H,19,20,21). The molecule has 0 aliphatic heterocycles. The lowest BCUT2D eigenvalue weighted by Gasteiger charge is -2.11. The minimum atomic E-state index is 0.536. The van der Waals surface area contributed by atoms with Crippen molar-refractivity contribution in [3.8, 4) is 0 Å². The van der Waals surface area contributed by atoms with Gasteiger partial charge >= 0.3 is 0 Å². The Morgan fingerprint density at radius 2 is 1.76 bits per heavy atom. The molecule has 0 aliphatic rings. The zero-order valence-corrected chi connectivity index (χ0v) is 13.5. The smallest absolute Gasteiger partial charge is 0.138 e. The van der Waals surface area contributed by atoms with Crippen molar-refractivity contribution >= 4 is 23.1 Å². The second-order valence-electron chi connectivity index (χ2n) is 5.17. The number of benzene rings is 1. The predicted octanol–water partition coefficient (Wildman–Crippen LogP) is 5.17. The highest BCUT2D eigenvalue weighted by atomic mass is 35.5. The van der Waals surface area contributed by atoms with E-state index in [2.05, 4.69) is 53.4 Å². The van der Waals surface area contributed by atoms with Gasteiger partial charge < -0.3 is 5.32 Å². The highest BCUT2D eigenvalue weighted by Crippen LogP contribution is 2.25. The summed E-state index contributed by atoms with van der Waals surface area (Å²) in [6.07, 6.45) is 6.97. The Morgan fingerprint density at radius 3 is 2.43 bits per heavy atom. The molecular weight excluding hydrogens is 282 g/mol. The van der Waals surface area contributed by atoms with Gasteiger partial charge in [-0.05, 0) is 37.0 Å². The highest BCUT2D eigenvalue weighted by molar-refractivity contribution is 6.30. The van der Waals surface area contributed by atoms with Crippen LogP contribution in [-0.2, 0) is 12.8 Å². The number of hydrogen-bond donors (Lipinski definition) is 1. The summed E-state index contributed by atoms with van der Waals surface area (Å²) in [4.78, 5) is 8.38. The highest BCUT2D eigenvalue weighted by Gasteiger charge is 2.09. The first-order valence-corrected chi connectivity index (χ1v) is 7.97. The molecule has 3 nitrogen and oxygen atoms in total. The molecular formula is C17H22ClN3. The van der Waals surface area contributed by atoms with E-state index in [1.165, 1.54) is 24.7 Å². The van der Waals surface area contributed by atoms with Gasteiger partial charge in [-0.25, -0.2) is 9.97 Å². The molecule has 0 fully saturated rings.